The number of hydrogen-bond acceptors (Lipinski definition) is 5. The molecular formula is C39H35N4OPt-. The van der Waals surface area contributed by atoms with Crippen LogP contribution >= 0.6 is 0 Å². The van der Waals surface area contributed by atoms with Gasteiger partial charge in [0.25, 0.3) is 0 Å². The molecule has 1 N–H and O–H groups in total. The Bertz CT molecular complexity index is 2010. The number of fused-ring (bicyclic) bond motifs is 3. The minimum Gasteiger partial charge on any atom is -0.506 e. The molecule has 7 rings (SSSR count). The third-order valence-corrected chi connectivity index (χ3v) is 8.36. The third kappa shape index (κ3) is 5.51. The largest absolute Gasteiger partial charge is 0.506 e. The van der Waals surface area contributed by atoms with E-state index in [0.717, 1.165) is 50.9 Å². The van der Waals surface area contributed by atoms with E-state index in [1.54, 1.807) is 6.07 Å². The van der Waals surface area contributed by atoms with Crippen molar-refractivity contribution >= 4 is 45.2 Å². The number of rotatable bonds is 4. The van der Waals surface area contributed by atoms with E-state index in [4.69, 9.17) is 9.97 Å². The molecule has 228 valence electrons. The van der Waals surface area contributed by atoms with E-state index in [0.29, 0.717) is 11.4 Å². The fourth-order valence-electron chi connectivity index (χ4n) is 5.89. The third-order valence-electron chi connectivity index (χ3n) is 8.36. The quantitative estimate of drug-likeness (QED) is 0.181. The van der Waals surface area contributed by atoms with E-state index < -0.39 is 0 Å². The Morgan fingerprint density at radius 3 is 2.20 bits per heavy atom. The summed E-state index contributed by atoms with van der Waals surface area (Å²) in [6.07, 6.45) is 1.89. The van der Waals surface area contributed by atoms with Gasteiger partial charge < -0.3 is 14.9 Å². The molecule has 0 bridgehead atoms. The molecule has 3 heterocycles. The predicted molar refractivity (Wildman–Crippen MR) is 181 cm³/mol. The molecule has 2 aromatic heterocycles. The summed E-state index contributed by atoms with van der Waals surface area (Å²) < 4.78 is 0. The Labute approximate surface area is 279 Å². The Morgan fingerprint density at radius 1 is 0.756 bits per heavy atom. The molecule has 0 fully saturated rings. The number of hydrogen-bond donors (Lipinski definition) is 1. The molecule has 0 unspecified atom stereocenters. The SMILES string of the molecule is CC(C)c1ccnc(N2c3[c-]c(-c4ccc5cccc(O)c5n4)ccc3N(c3ccc(C(C)(C)C)cc3)c3ccccc32)c1.[Pt]. The second-order valence-corrected chi connectivity index (χ2v) is 12.7. The first-order valence-electron chi connectivity index (χ1n) is 15.1. The van der Waals surface area contributed by atoms with Crippen molar-refractivity contribution in [3.63, 3.8) is 0 Å². The average molecular weight is 771 g/mol. The van der Waals surface area contributed by atoms with Crippen molar-refractivity contribution in [1.82, 2.24) is 9.97 Å². The zero-order valence-electron chi connectivity index (χ0n) is 26.0. The molecule has 1 aliphatic heterocycles. The molecule has 0 atom stereocenters. The summed E-state index contributed by atoms with van der Waals surface area (Å²) in [4.78, 5) is 14.2. The van der Waals surface area contributed by atoms with Gasteiger partial charge in [-0.2, -0.15) is 0 Å². The minimum atomic E-state index is 0. The van der Waals surface area contributed by atoms with Gasteiger partial charge in [-0.1, -0.05) is 83.1 Å². The summed E-state index contributed by atoms with van der Waals surface area (Å²) in [6.45, 7) is 11.1. The number of benzene rings is 4. The number of phenols is 1. The summed E-state index contributed by atoms with van der Waals surface area (Å²) in [6, 6.07) is 39.0. The molecule has 0 amide bonds. The number of nitrogens with zero attached hydrogens (tertiary/aromatic N) is 4. The molecule has 5 nitrogen and oxygen atoms in total. The fourth-order valence-corrected chi connectivity index (χ4v) is 5.89. The van der Waals surface area contributed by atoms with Crippen LogP contribution in [0.4, 0.5) is 34.3 Å². The van der Waals surface area contributed by atoms with Gasteiger partial charge in [-0.3, -0.25) is 4.98 Å². The molecule has 6 heteroatoms. The van der Waals surface area contributed by atoms with Crippen LogP contribution < -0.4 is 9.80 Å². The zero-order chi connectivity index (χ0) is 30.6. The van der Waals surface area contributed by atoms with Gasteiger partial charge in [0, 0.05) is 38.3 Å². The van der Waals surface area contributed by atoms with Gasteiger partial charge in [0.2, 0.25) is 0 Å². The minimum absolute atomic E-state index is 0. The number of para-hydroxylation sites is 3. The molecule has 0 radical (unpaired) electrons. The van der Waals surface area contributed by atoms with Crippen molar-refractivity contribution in [2.75, 3.05) is 9.80 Å². The maximum absolute atomic E-state index is 10.5. The van der Waals surface area contributed by atoms with Crippen LogP contribution in [0.3, 0.4) is 0 Å². The first-order valence-corrected chi connectivity index (χ1v) is 15.1. The Kier molecular flexibility index (Phi) is 8.01. The van der Waals surface area contributed by atoms with Crippen LogP contribution in [0.5, 0.6) is 5.75 Å². The summed E-state index contributed by atoms with van der Waals surface area (Å²) in [7, 11) is 0. The monoisotopic (exact) mass is 770 g/mol. The number of pyridine rings is 2. The normalized spacial score (nSPS) is 12.6. The van der Waals surface area contributed by atoms with E-state index in [1.165, 1.54) is 11.1 Å². The predicted octanol–water partition coefficient (Wildman–Crippen LogP) is 10.5. The Balaban J connectivity index is 0.00000357. The van der Waals surface area contributed by atoms with Crippen molar-refractivity contribution in [3.05, 3.63) is 127 Å². The number of phenolic OH excluding ortho intramolecular Hbond substituents is 1. The van der Waals surface area contributed by atoms with Crippen LogP contribution in [0.2, 0.25) is 0 Å². The zero-order valence-corrected chi connectivity index (χ0v) is 28.3. The van der Waals surface area contributed by atoms with Gasteiger partial charge in [0.1, 0.15) is 17.1 Å². The second kappa shape index (κ2) is 11.8. The second-order valence-electron chi connectivity index (χ2n) is 12.7. The first-order chi connectivity index (χ1) is 21.2. The Morgan fingerprint density at radius 2 is 1.49 bits per heavy atom. The van der Waals surface area contributed by atoms with Crippen molar-refractivity contribution < 1.29 is 26.2 Å². The summed E-state index contributed by atoms with van der Waals surface area (Å²) in [5.74, 6) is 1.36. The summed E-state index contributed by atoms with van der Waals surface area (Å²) in [5.41, 5.74) is 9.75. The molecule has 1 aliphatic rings. The van der Waals surface area contributed by atoms with Crippen molar-refractivity contribution in [3.8, 4) is 17.0 Å². The fraction of sp³-hybridized carbons (Fsp3) is 0.179. The first kappa shape index (κ1) is 30.6. The maximum Gasteiger partial charge on any atom is 0.140 e. The van der Waals surface area contributed by atoms with E-state index >= 15 is 0 Å². The van der Waals surface area contributed by atoms with E-state index in [-0.39, 0.29) is 32.2 Å². The van der Waals surface area contributed by atoms with Crippen molar-refractivity contribution in [1.29, 1.82) is 0 Å². The van der Waals surface area contributed by atoms with Crippen LogP contribution in [-0.4, -0.2) is 15.1 Å². The molecule has 4 aromatic carbocycles. The van der Waals surface area contributed by atoms with Gasteiger partial charge in [-0.05, 0) is 82.0 Å². The molecule has 0 saturated carbocycles. The van der Waals surface area contributed by atoms with Gasteiger partial charge in [-0.15, -0.1) is 23.8 Å². The van der Waals surface area contributed by atoms with E-state index in [1.807, 2.05) is 30.5 Å². The van der Waals surface area contributed by atoms with Crippen LogP contribution in [0.15, 0.2) is 109 Å². The van der Waals surface area contributed by atoms with Crippen LogP contribution in [-0.2, 0) is 26.5 Å². The Hall–Kier alpha value is -4.47. The smallest absolute Gasteiger partial charge is 0.140 e. The molecule has 6 aromatic rings. The van der Waals surface area contributed by atoms with Crippen LogP contribution in [0.25, 0.3) is 22.2 Å². The molecule has 0 spiro atoms. The molecular weight excluding hydrogens is 736 g/mol. The van der Waals surface area contributed by atoms with Crippen molar-refractivity contribution in [2.45, 2.75) is 46.0 Å². The van der Waals surface area contributed by atoms with Crippen LogP contribution in [0.1, 0.15) is 51.7 Å². The number of aromatic nitrogens is 2. The van der Waals surface area contributed by atoms with E-state index in [2.05, 4.69) is 123 Å². The van der Waals surface area contributed by atoms with Gasteiger partial charge in [-0.25, -0.2) is 4.98 Å². The van der Waals surface area contributed by atoms with Gasteiger partial charge in [0.15, 0.2) is 0 Å². The maximum atomic E-state index is 10.5. The number of aromatic hydroxyl groups is 1. The average Bonchev–Trinajstić information content (AvgIpc) is 3.03. The topological polar surface area (TPSA) is 52.5 Å². The van der Waals surface area contributed by atoms with E-state index in [9.17, 15) is 5.11 Å². The van der Waals surface area contributed by atoms with Crippen molar-refractivity contribution in [2.24, 2.45) is 0 Å². The number of anilines is 6. The van der Waals surface area contributed by atoms with Gasteiger partial charge in [0.05, 0.1) is 11.4 Å². The van der Waals surface area contributed by atoms with Crippen LogP contribution in [0, 0.1) is 6.07 Å². The van der Waals surface area contributed by atoms with Gasteiger partial charge >= 0.3 is 0 Å². The molecule has 0 saturated heterocycles. The molecule has 45 heavy (non-hydrogen) atoms. The summed E-state index contributed by atoms with van der Waals surface area (Å²) in [5, 5.41) is 11.4. The molecule has 0 aliphatic carbocycles. The standard InChI is InChI=1S/C39H35N4O.Pt/c1-25(2)27-21-22-40-37(24-27)43-33-11-7-6-10-32(33)42(30-17-15-29(16-18-30)39(3,4)5)34-20-14-28(23-35(34)43)31-19-13-26-9-8-12-36(44)38(26)41-31;/h6-22,24-25,44H,1-5H3;/q-1;. The summed E-state index contributed by atoms with van der Waals surface area (Å²) >= 11 is 0.